The number of amides is 1. The second-order valence-electron chi connectivity index (χ2n) is 4.67. The minimum absolute atomic E-state index is 0.269. The van der Waals surface area contributed by atoms with Crippen LogP contribution in [0.2, 0.25) is 0 Å². The summed E-state index contributed by atoms with van der Waals surface area (Å²) in [5.41, 5.74) is 7.41. The standard InChI is InChI=1S/C16H16BrFN2O/c1-2-7-20(15-6-4-3-5-14(15)19)16(21)11-8-12(17)10-13(18)9-11/h3-6,8-10H,2,7,19H2,1H3. The molecule has 0 saturated heterocycles. The maximum absolute atomic E-state index is 13.5. The molecule has 0 aliphatic heterocycles. The maximum Gasteiger partial charge on any atom is 0.258 e. The molecule has 0 atom stereocenters. The molecule has 110 valence electrons. The van der Waals surface area contributed by atoms with Crippen LogP contribution in [0.5, 0.6) is 0 Å². The highest BCUT2D eigenvalue weighted by molar-refractivity contribution is 9.10. The topological polar surface area (TPSA) is 46.3 Å². The Bertz CT molecular complexity index is 640. The van der Waals surface area contributed by atoms with Crippen LogP contribution < -0.4 is 10.6 Å². The number of carbonyl (C=O) groups excluding carboxylic acids is 1. The summed E-state index contributed by atoms with van der Waals surface area (Å²) in [6.45, 7) is 2.49. The van der Waals surface area contributed by atoms with E-state index < -0.39 is 5.82 Å². The molecule has 5 heteroatoms. The van der Waals surface area contributed by atoms with Gasteiger partial charge in [-0.2, -0.15) is 0 Å². The third-order valence-corrected chi connectivity index (χ3v) is 3.49. The molecule has 2 aromatic rings. The Morgan fingerprint density at radius 2 is 2.00 bits per heavy atom. The molecule has 0 saturated carbocycles. The van der Waals surface area contributed by atoms with Gasteiger partial charge < -0.3 is 10.6 Å². The summed E-state index contributed by atoms with van der Waals surface area (Å²) in [6, 6.07) is 11.3. The SMILES string of the molecule is CCCN(C(=O)c1cc(F)cc(Br)c1)c1ccccc1N. The molecule has 0 radical (unpaired) electrons. The molecule has 0 spiro atoms. The van der Waals surface area contributed by atoms with Crippen LogP contribution in [-0.4, -0.2) is 12.5 Å². The van der Waals surface area contributed by atoms with Crippen molar-refractivity contribution in [2.75, 3.05) is 17.2 Å². The van der Waals surface area contributed by atoms with E-state index in [1.807, 2.05) is 19.1 Å². The number of anilines is 2. The van der Waals surface area contributed by atoms with Crippen molar-refractivity contribution in [1.82, 2.24) is 0 Å². The Hall–Kier alpha value is -1.88. The van der Waals surface area contributed by atoms with Crippen LogP contribution in [0.1, 0.15) is 23.7 Å². The predicted octanol–water partition coefficient (Wildman–Crippen LogP) is 4.23. The van der Waals surface area contributed by atoms with Crippen molar-refractivity contribution in [3.8, 4) is 0 Å². The summed E-state index contributed by atoms with van der Waals surface area (Å²) in [4.78, 5) is 14.3. The van der Waals surface area contributed by atoms with E-state index in [1.165, 1.54) is 12.1 Å². The largest absolute Gasteiger partial charge is 0.397 e. The molecule has 0 aromatic heterocycles. The predicted molar refractivity (Wildman–Crippen MR) is 86.9 cm³/mol. The van der Waals surface area contributed by atoms with Gasteiger partial charge >= 0.3 is 0 Å². The fraction of sp³-hybridized carbons (Fsp3) is 0.188. The summed E-state index contributed by atoms with van der Waals surface area (Å²) >= 11 is 3.20. The van der Waals surface area contributed by atoms with Crippen LogP contribution >= 0.6 is 15.9 Å². The third-order valence-electron chi connectivity index (χ3n) is 3.03. The van der Waals surface area contributed by atoms with Gasteiger partial charge in [0.2, 0.25) is 0 Å². The molecule has 0 fully saturated rings. The highest BCUT2D eigenvalue weighted by Crippen LogP contribution is 2.25. The first-order chi connectivity index (χ1) is 10.0. The quantitative estimate of drug-likeness (QED) is 0.838. The molecule has 0 aliphatic rings. The number of hydrogen-bond donors (Lipinski definition) is 1. The first kappa shape index (κ1) is 15.5. The lowest BCUT2D eigenvalue weighted by Crippen LogP contribution is -2.32. The van der Waals surface area contributed by atoms with Crippen molar-refractivity contribution in [3.63, 3.8) is 0 Å². The summed E-state index contributed by atoms with van der Waals surface area (Å²) < 4.78 is 14.0. The average molecular weight is 351 g/mol. The zero-order valence-corrected chi connectivity index (χ0v) is 13.2. The summed E-state index contributed by atoms with van der Waals surface area (Å²) in [5, 5.41) is 0. The highest BCUT2D eigenvalue weighted by atomic mass is 79.9. The second kappa shape index (κ2) is 6.72. The number of nitrogens with zero attached hydrogens (tertiary/aromatic N) is 1. The first-order valence-electron chi connectivity index (χ1n) is 6.65. The molecule has 2 aromatic carbocycles. The second-order valence-corrected chi connectivity index (χ2v) is 5.59. The molecule has 1 amide bonds. The minimum Gasteiger partial charge on any atom is -0.397 e. The van der Waals surface area contributed by atoms with E-state index in [4.69, 9.17) is 5.73 Å². The van der Waals surface area contributed by atoms with Gasteiger partial charge in [-0.3, -0.25) is 4.79 Å². The number of nitrogens with two attached hydrogens (primary N) is 1. The van der Waals surface area contributed by atoms with E-state index in [2.05, 4.69) is 15.9 Å². The average Bonchev–Trinajstić information content (AvgIpc) is 2.44. The normalized spacial score (nSPS) is 10.4. The molecule has 2 N–H and O–H groups in total. The van der Waals surface area contributed by atoms with Gasteiger partial charge in [-0.1, -0.05) is 35.0 Å². The Balaban J connectivity index is 2.42. The van der Waals surface area contributed by atoms with Crippen LogP contribution in [0, 0.1) is 5.82 Å². The monoisotopic (exact) mass is 350 g/mol. The lowest BCUT2D eigenvalue weighted by Gasteiger charge is -2.24. The van der Waals surface area contributed by atoms with E-state index >= 15 is 0 Å². The number of benzene rings is 2. The van der Waals surface area contributed by atoms with Gasteiger partial charge in [0.25, 0.3) is 5.91 Å². The van der Waals surface area contributed by atoms with Crippen molar-refractivity contribution in [2.45, 2.75) is 13.3 Å². The van der Waals surface area contributed by atoms with Gasteiger partial charge in [0.1, 0.15) is 5.82 Å². The molecule has 0 bridgehead atoms. The first-order valence-corrected chi connectivity index (χ1v) is 7.44. The number of hydrogen-bond acceptors (Lipinski definition) is 2. The van der Waals surface area contributed by atoms with Crippen molar-refractivity contribution < 1.29 is 9.18 Å². The van der Waals surface area contributed by atoms with Crippen LogP contribution in [0.25, 0.3) is 0 Å². The van der Waals surface area contributed by atoms with Crippen molar-refractivity contribution >= 4 is 33.2 Å². The molecule has 0 unspecified atom stereocenters. The molecule has 3 nitrogen and oxygen atoms in total. The molecular weight excluding hydrogens is 335 g/mol. The summed E-state index contributed by atoms with van der Waals surface area (Å²) in [6.07, 6.45) is 0.774. The molecular formula is C16H16BrFN2O. The zero-order valence-electron chi connectivity index (χ0n) is 11.6. The van der Waals surface area contributed by atoms with Crippen molar-refractivity contribution in [3.05, 3.63) is 58.3 Å². The van der Waals surface area contributed by atoms with Crippen molar-refractivity contribution in [2.24, 2.45) is 0 Å². The summed E-state index contributed by atoms with van der Waals surface area (Å²) in [5.74, 6) is -0.722. The molecule has 21 heavy (non-hydrogen) atoms. The van der Waals surface area contributed by atoms with Gasteiger partial charge in [-0.05, 0) is 36.8 Å². The zero-order chi connectivity index (χ0) is 15.4. The fourth-order valence-electron chi connectivity index (χ4n) is 2.12. The number of halogens is 2. The molecule has 0 heterocycles. The van der Waals surface area contributed by atoms with Gasteiger partial charge in [0, 0.05) is 16.6 Å². The van der Waals surface area contributed by atoms with Crippen LogP contribution in [-0.2, 0) is 0 Å². The Morgan fingerprint density at radius 1 is 1.29 bits per heavy atom. The minimum atomic E-state index is -0.454. The van der Waals surface area contributed by atoms with Gasteiger partial charge in [0.15, 0.2) is 0 Å². The lowest BCUT2D eigenvalue weighted by molar-refractivity contribution is 0.0986. The molecule has 2 rings (SSSR count). The fourth-order valence-corrected chi connectivity index (χ4v) is 2.59. The Labute approximate surface area is 131 Å². The van der Waals surface area contributed by atoms with Crippen LogP contribution in [0.4, 0.5) is 15.8 Å². The number of rotatable bonds is 4. The van der Waals surface area contributed by atoms with Crippen molar-refractivity contribution in [1.29, 1.82) is 0 Å². The lowest BCUT2D eigenvalue weighted by atomic mass is 10.1. The number of para-hydroxylation sites is 2. The Morgan fingerprint density at radius 3 is 2.62 bits per heavy atom. The third kappa shape index (κ3) is 3.61. The highest BCUT2D eigenvalue weighted by Gasteiger charge is 2.19. The van der Waals surface area contributed by atoms with Gasteiger partial charge in [-0.15, -0.1) is 0 Å². The van der Waals surface area contributed by atoms with E-state index in [1.54, 1.807) is 23.1 Å². The van der Waals surface area contributed by atoms with E-state index in [9.17, 15) is 9.18 Å². The van der Waals surface area contributed by atoms with Crippen LogP contribution in [0.3, 0.4) is 0 Å². The van der Waals surface area contributed by atoms with Crippen LogP contribution in [0.15, 0.2) is 46.9 Å². The number of carbonyl (C=O) groups is 1. The maximum atomic E-state index is 13.5. The summed E-state index contributed by atoms with van der Waals surface area (Å²) in [7, 11) is 0. The van der Waals surface area contributed by atoms with E-state index in [0.29, 0.717) is 28.0 Å². The smallest absolute Gasteiger partial charge is 0.258 e. The Kier molecular flexibility index (Phi) is 4.96. The van der Waals surface area contributed by atoms with Gasteiger partial charge in [0.05, 0.1) is 11.4 Å². The number of nitrogen functional groups attached to an aromatic ring is 1. The molecule has 0 aliphatic carbocycles. The van der Waals surface area contributed by atoms with Gasteiger partial charge in [-0.25, -0.2) is 4.39 Å². The van der Waals surface area contributed by atoms with E-state index in [-0.39, 0.29) is 5.91 Å². The van der Waals surface area contributed by atoms with E-state index in [0.717, 1.165) is 6.42 Å².